The molecule has 0 aromatic rings. The summed E-state index contributed by atoms with van der Waals surface area (Å²) in [6.45, 7) is 6.42. The molecule has 1 aliphatic carbocycles. The van der Waals surface area contributed by atoms with Crippen LogP contribution in [0.1, 0.15) is 58.8 Å². The van der Waals surface area contributed by atoms with E-state index in [-0.39, 0.29) is 0 Å². The second-order valence-electron chi connectivity index (χ2n) is 7.22. The molecule has 3 aliphatic rings. The zero-order valence-electron chi connectivity index (χ0n) is 13.6. The van der Waals surface area contributed by atoms with Gasteiger partial charge in [-0.25, -0.2) is 0 Å². The molecule has 3 fully saturated rings. The molecule has 0 aromatic heterocycles. The Morgan fingerprint density at radius 2 is 2.10 bits per heavy atom. The van der Waals surface area contributed by atoms with E-state index in [0.29, 0.717) is 18.2 Å². The number of ether oxygens (including phenoxy) is 1. The molecule has 0 amide bonds. The highest BCUT2D eigenvalue weighted by atomic mass is 16.5. The first kappa shape index (κ1) is 15.1. The van der Waals surface area contributed by atoms with Crippen LogP contribution in [0.15, 0.2) is 4.99 Å². The summed E-state index contributed by atoms with van der Waals surface area (Å²) in [5, 5.41) is 7.02. The second kappa shape index (κ2) is 6.99. The third kappa shape index (κ3) is 3.91. The molecule has 0 spiro atoms. The van der Waals surface area contributed by atoms with E-state index in [1.165, 1.54) is 38.5 Å². The van der Waals surface area contributed by atoms with Gasteiger partial charge in [0.1, 0.15) is 0 Å². The summed E-state index contributed by atoms with van der Waals surface area (Å²) < 4.78 is 5.93. The lowest BCUT2D eigenvalue weighted by atomic mass is 9.82. The summed E-state index contributed by atoms with van der Waals surface area (Å²) in [7, 11) is 0. The zero-order chi connectivity index (χ0) is 14.7. The maximum absolute atomic E-state index is 5.93. The molecule has 2 aliphatic heterocycles. The van der Waals surface area contributed by atoms with Gasteiger partial charge in [-0.1, -0.05) is 19.8 Å². The third-order valence-corrected chi connectivity index (χ3v) is 5.32. The Morgan fingerprint density at radius 1 is 1.19 bits per heavy atom. The highest BCUT2D eigenvalue weighted by Crippen LogP contribution is 2.34. The van der Waals surface area contributed by atoms with E-state index in [0.717, 1.165) is 37.3 Å². The molecular weight excluding hydrogens is 262 g/mol. The van der Waals surface area contributed by atoms with Crippen LogP contribution >= 0.6 is 0 Å². The highest BCUT2D eigenvalue weighted by molar-refractivity contribution is 5.80. The fourth-order valence-corrected chi connectivity index (χ4v) is 4.23. The lowest BCUT2D eigenvalue weighted by Gasteiger charge is -2.26. The van der Waals surface area contributed by atoms with Gasteiger partial charge in [0, 0.05) is 13.1 Å². The molecular formula is C17H31N3O. The van der Waals surface area contributed by atoms with Gasteiger partial charge in [0.2, 0.25) is 0 Å². The molecule has 2 bridgehead atoms. The molecule has 5 atom stereocenters. The van der Waals surface area contributed by atoms with Crippen molar-refractivity contribution >= 4 is 5.96 Å². The molecule has 120 valence electrons. The fourth-order valence-electron chi connectivity index (χ4n) is 4.23. The number of fused-ring (bicyclic) bond motifs is 2. The quantitative estimate of drug-likeness (QED) is 0.619. The molecule has 2 saturated heterocycles. The summed E-state index contributed by atoms with van der Waals surface area (Å²) in [6.07, 6.45) is 9.99. The molecule has 0 aromatic carbocycles. The summed E-state index contributed by atoms with van der Waals surface area (Å²) in [4.78, 5) is 4.86. The Balaban J connectivity index is 1.52. The Kier molecular flexibility index (Phi) is 5.04. The van der Waals surface area contributed by atoms with Gasteiger partial charge in [-0.15, -0.1) is 0 Å². The molecule has 1 saturated carbocycles. The zero-order valence-corrected chi connectivity index (χ0v) is 13.6. The van der Waals surface area contributed by atoms with E-state index in [2.05, 4.69) is 24.5 Å². The van der Waals surface area contributed by atoms with Crippen LogP contribution in [0.25, 0.3) is 0 Å². The number of hydrogen-bond acceptors (Lipinski definition) is 2. The minimum atomic E-state index is 0.411. The minimum absolute atomic E-state index is 0.411. The second-order valence-corrected chi connectivity index (χ2v) is 7.22. The molecule has 0 radical (unpaired) electrons. The average molecular weight is 293 g/mol. The molecule has 21 heavy (non-hydrogen) atoms. The van der Waals surface area contributed by atoms with Crippen LogP contribution in [0.2, 0.25) is 0 Å². The van der Waals surface area contributed by atoms with E-state index >= 15 is 0 Å². The SMILES string of the molecule is CCNC(=NCC1CCCC(C)C1)NC1CC2CCC1O2. The summed E-state index contributed by atoms with van der Waals surface area (Å²) in [5.41, 5.74) is 0. The lowest BCUT2D eigenvalue weighted by Crippen LogP contribution is -2.47. The van der Waals surface area contributed by atoms with Crippen molar-refractivity contribution in [3.05, 3.63) is 0 Å². The molecule has 2 N–H and O–H groups in total. The summed E-state index contributed by atoms with van der Waals surface area (Å²) >= 11 is 0. The molecule has 4 nitrogen and oxygen atoms in total. The van der Waals surface area contributed by atoms with Crippen LogP contribution in [0, 0.1) is 11.8 Å². The first-order chi connectivity index (χ1) is 10.2. The number of nitrogens with one attached hydrogen (secondary N) is 2. The van der Waals surface area contributed by atoms with Crippen molar-refractivity contribution < 1.29 is 4.74 Å². The highest BCUT2D eigenvalue weighted by Gasteiger charge is 2.41. The molecule has 5 unspecified atom stereocenters. The number of guanidine groups is 1. The monoisotopic (exact) mass is 293 g/mol. The van der Waals surface area contributed by atoms with Gasteiger partial charge in [-0.2, -0.15) is 0 Å². The van der Waals surface area contributed by atoms with Gasteiger partial charge in [-0.3, -0.25) is 4.99 Å². The van der Waals surface area contributed by atoms with Gasteiger partial charge in [0.05, 0.1) is 18.2 Å². The van der Waals surface area contributed by atoms with Crippen LogP contribution in [0.4, 0.5) is 0 Å². The Hall–Kier alpha value is -0.770. The van der Waals surface area contributed by atoms with Crippen molar-refractivity contribution in [2.75, 3.05) is 13.1 Å². The first-order valence-electron chi connectivity index (χ1n) is 8.95. The maximum atomic E-state index is 5.93. The topological polar surface area (TPSA) is 45.7 Å². The van der Waals surface area contributed by atoms with E-state index < -0.39 is 0 Å². The number of hydrogen-bond donors (Lipinski definition) is 2. The van der Waals surface area contributed by atoms with Crippen molar-refractivity contribution in [3.63, 3.8) is 0 Å². The van der Waals surface area contributed by atoms with E-state index in [9.17, 15) is 0 Å². The average Bonchev–Trinajstić information content (AvgIpc) is 3.08. The van der Waals surface area contributed by atoms with Crippen LogP contribution in [0.3, 0.4) is 0 Å². The van der Waals surface area contributed by atoms with Gasteiger partial charge in [0.25, 0.3) is 0 Å². The number of rotatable bonds is 4. The van der Waals surface area contributed by atoms with Crippen molar-refractivity contribution in [1.82, 2.24) is 10.6 Å². The minimum Gasteiger partial charge on any atom is -0.373 e. The van der Waals surface area contributed by atoms with E-state index in [1.54, 1.807) is 0 Å². The van der Waals surface area contributed by atoms with Crippen molar-refractivity contribution in [2.24, 2.45) is 16.8 Å². The largest absolute Gasteiger partial charge is 0.373 e. The van der Waals surface area contributed by atoms with Gasteiger partial charge < -0.3 is 15.4 Å². The van der Waals surface area contributed by atoms with E-state index in [4.69, 9.17) is 9.73 Å². The molecule has 3 rings (SSSR count). The normalized spacial score (nSPS) is 39.5. The van der Waals surface area contributed by atoms with E-state index in [1.807, 2.05) is 0 Å². The van der Waals surface area contributed by atoms with Crippen molar-refractivity contribution in [2.45, 2.75) is 77.0 Å². The number of nitrogens with zero attached hydrogens (tertiary/aromatic N) is 1. The Labute approximate surface area is 129 Å². The first-order valence-corrected chi connectivity index (χ1v) is 8.95. The van der Waals surface area contributed by atoms with Crippen LogP contribution in [0.5, 0.6) is 0 Å². The Morgan fingerprint density at radius 3 is 2.76 bits per heavy atom. The molecule has 4 heteroatoms. The summed E-state index contributed by atoms with van der Waals surface area (Å²) in [5.74, 6) is 2.66. The van der Waals surface area contributed by atoms with Crippen LogP contribution in [-0.4, -0.2) is 37.3 Å². The summed E-state index contributed by atoms with van der Waals surface area (Å²) in [6, 6.07) is 0.465. The van der Waals surface area contributed by atoms with Crippen LogP contribution in [-0.2, 0) is 4.74 Å². The Bertz CT molecular complexity index is 371. The lowest BCUT2D eigenvalue weighted by molar-refractivity contribution is 0.0992. The van der Waals surface area contributed by atoms with Gasteiger partial charge >= 0.3 is 0 Å². The van der Waals surface area contributed by atoms with Crippen molar-refractivity contribution in [1.29, 1.82) is 0 Å². The van der Waals surface area contributed by atoms with Crippen molar-refractivity contribution in [3.8, 4) is 0 Å². The van der Waals surface area contributed by atoms with Gasteiger partial charge in [-0.05, 0) is 50.9 Å². The van der Waals surface area contributed by atoms with Crippen LogP contribution < -0.4 is 10.6 Å². The fraction of sp³-hybridized carbons (Fsp3) is 0.941. The predicted molar refractivity (Wildman–Crippen MR) is 86.5 cm³/mol. The predicted octanol–water partition coefficient (Wildman–Crippen LogP) is 2.69. The smallest absolute Gasteiger partial charge is 0.191 e. The number of aliphatic imine (C=N–C) groups is 1. The molecule has 2 heterocycles. The third-order valence-electron chi connectivity index (χ3n) is 5.32. The standard InChI is InChI=1S/C17H31N3O/c1-3-18-17(19-11-13-6-4-5-12(2)9-13)20-15-10-14-7-8-16(15)21-14/h12-16H,3-11H2,1-2H3,(H2,18,19,20). The maximum Gasteiger partial charge on any atom is 0.191 e. The van der Waals surface area contributed by atoms with Gasteiger partial charge in [0.15, 0.2) is 5.96 Å².